The molecule has 1 aliphatic carbocycles. The van der Waals surface area contributed by atoms with Crippen molar-refractivity contribution in [2.75, 3.05) is 25.0 Å². The molecular weight excluding hydrogens is 398 g/mol. The lowest BCUT2D eigenvalue weighted by Gasteiger charge is -2.33. The van der Waals surface area contributed by atoms with E-state index < -0.39 is 11.7 Å². The zero-order chi connectivity index (χ0) is 22.4. The number of rotatable bonds is 6. The molecule has 1 heterocycles. The van der Waals surface area contributed by atoms with Crippen molar-refractivity contribution in [1.29, 1.82) is 0 Å². The van der Waals surface area contributed by atoms with E-state index in [1.165, 1.54) is 0 Å². The zero-order valence-electron chi connectivity index (χ0n) is 18.6. The summed E-state index contributed by atoms with van der Waals surface area (Å²) in [6, 6.07) is 7.06. The van der Waals surface area contributed by atoms with Gasteiger partial charge in [0.05, 0.1) is 6.61 Å². The number of benzene rings is 1. The Morgan fingerprint density at radius 2 is 1.68 bits per heavy atom. The molecule has 2 aliphatic rings. The van der Waals surface area contributed by atoms with Crippen LogP contribution in [0.4, 0.5) is 15.3 Å². The maximum atomic E-state index is 12.1. The number of nitrogens with one attached hydrogen (secondary N) is 2. The molecule has 1 saturated heterocycles. The number of likely N-dealkylation sites (tertiary alicyclic amines) is 1. The highest BCUT2D eigenvalue weighted by Gasteiger charge is 2.27. The average molecular weight is 432 g/mol. The van der Waals surface area contributed by atoms with Crippen molar-refractivity contribution in [2.45, 2.75) is 64.5 Å². The highest BCUT2D eigenvalue weighted by molar-refractivity contribution is 5.95. The number of carbonyl (C=O) groups excluding carboxylic acids is 3. The van der Waals surface area contributed by atoms with Crippen LogP contribution in [0.1, 0.15) is 63.2 Å². The first-order valence-electron chi connectivity index (χ1n) is 11.0. The summed E-state index contributed by atoms with van der Waals surface area (Å²) in [6.45, 7) is 7.23. The Kier molecular flexibility index (Phi) is 7.41. The van der Waals surface area contributed by atoms with E-state index in [1.807, 2.05) is 20.8 Å². The van der Waals surface area contributed by atoms with Crippen LogP contribution in [0, 0.1) is 5.92 Å². The SMILES string of the molecule is CC(C)(C)OC(=O)N1CCC(CCOC(=O)Nc2ccc(C(=O)NC3CC3)cc2)CC1. The summed E-state index contributed by atoms with van der Waals surface area (Å²) in [5.74, 6) is 0.324. The van der Waals surface area contributed by atoms with Crippen LogP contribution in [0.25, 0.3) is 0 Å². The second-order valence-electron chi connectivity index (χ2n) is 9.29. The van der Waals surface area contributed by atoms with Gasteiger partial charge in [0.1, 0.15) is 5.60 Å². The molecule has 2 fully saturated rings. The zero-order valence-corrected chi connectivity index (χ0v) is 18.6. The molecule has 0 unspecified atom stereocenters. The largest absolute Gasteiger partial charge is 0.449 e. The number of anilines is 1. The third kappa shape index (κ3) is 7.77. The van der Waals surface area contributed by atoms with Crippen LogP contribution in [0.3, 0.4) is 0 Å². The molecule has 0 radical (unpaired) electrons. The lowest BCUT2D eigenvalue weighted by Crippen LogP contribution is -2.41. The first-order valence-corrected chi connectivity index (χ1v) is 11.0. The van der Waals surface area contributed by atoms with E-state index in [0.29, 0.717) is 42.9 Å². The van der Waals surface area contributed by atoms with Crippen molar-refractivity contribution in [3.05, 3.63) is 29.8 Å². The van der Waals surface area contributed by atoms with Crippen LogP contribution in [0.15, 0.2) is 24.3 Å². The minimum absolute atomic E-state index is 0.0886. The highest BCUT2D eigenvalue weighted by Crippen LogP contribution is 2.22. The van der Waals surface area contributed by atoms with Crippen molar-refractivity contribution in [2.24, 2.45) is 5.92 Å². The lowest BCUT2D eigenvalue weighted by atomic mass is 9.94. The monoisotopic (exact) mass is 431 g/mol. The van der Waals surface area contributed by atoms with E-state index in [1.54, 1.807) is 29.2 Å². The minimum Gasteiger partial charge on any atom is -0.449 e. The molecule has 1 aromatic rings. The van der Waals surface area contributed by atoms with E-state index in [2.05, 4.69) is 10.6 Å². The Balaban J connectivity index is 1.31. The quantitative estimate of drug-likeness (QED) is 0.705. The normalized spacial score (nSPS) is 17.1. The molecule has 0 bridgehead atoms. The van der Waals surface area contributed by atoms with E-state index in [9.17, 15) is 14.4 Å². The molecule has 0 aromatic heterocycles. The molecule has 0 spiro atoms. The highest BCUT2D eigenvalue weighted by atomic mass is 16.6. The van der Waals surface area contributed by atoms with Crippen molar-refractivity contribution >= 4 is 23.8 Å². The van der Waals surface area contributed by atoms with Gasteiger partial charge in [0, 0.05) is 30.4 Å². The molecule has 8 heteroatoms. The number of hydrogen-bond acceptors (Lipinski definition) is 5. The number of amides is 3. The average Bonchev–Trinajstić information content (AvgIpc) is 3.51. The minimum atomic E-state index is -0.513. The van der Waals surface area contributed by atoms with Gasteiger partial charge in [-0.1, -0.05) is 0 Å². The van der Waals surface area contributed by atoms with Gasteiger partial charge in [0.25, 0.3) is 5.91 Å². The van der Waals surface area contributed by atoms with E-state index >= 15 is 0 Å². The Morgan fingerprint density at radius 3 is 2.26 bits per heavy atom. The number of ether oxygens (including phenoxy) is 2. The van der Waals surface area contributed by atoms with Gasteiger partial charge in [-0.15, -0.1) is 0 Å². The fourth-order valence-corrected chi connectivity index (χ4v) is 3.40. The summed E-state index contributed by atoms with van der Waals surface area (Å²) >= 11 is 0. The molecule has 8 nitrogen and oxygen atoms in total. The van der Waals surface area contributed by atoms with Crippen molar-refractivity contribution in [1.82, 2.24) is 10.2 Å². The van der Waals surface area contributed by atoms with Gasteiger partial charge >= 0.3 is 12.2 Å². The van der Waals surface area contributed by atoms with E-state index in [4.69, 9.17) is 9.47 Å². The molecule has 1 aliphatic heterocycles. The van der Waals surface area contributed by atoms with Gasteiger partial charge in [-0.2, -0.15) is 0 Å². The van der Waals surface area contributed by atoms with Gasteiger partial charge in [-0.25, -0.2) is 9.59 Å². The first kappa shape index (κ1) is 22.9. The molecule has 2 N–H and O–H groups in total. The van der Waals surface area contributed by atoms with Crippen LogP contribution in [-0.2, 0) is 9.47 Å². The molecule has 3 rings (SSSR count). The van der Waals surface area contributed by atoms with Gasteiger partial charge in [-0.3, -0.25) is 10.1 Å². The van der Waals surface area contributed by atoms with Crippen molar-refractivity contribution in [3.8, 4) is 0 Å². The predicted octanol–water partition coefficient (Wildman–Crippen LogP) is 4.16. The van der Waals surface area contributed by atoms with Crippen molar-refractivity contribution < 1.29 is 23.9 Å². The van der Waals surface area contributed by atoms with Crippen LogP contribution in [0.5, 0.6) is 0 Å². The predicted molar refractivity (Wildman–Crippen MR) is 117 cm³/mol. The van der Waals surface area contributed by atoms with Crippen molar-refractivity contribution in [3.63, 3.8) is 0 Å². The maximum absolute atomic E-state index is 12.1. The van der Waals surface area contributed by atoms with Gasteiger partial charge in [-0.05, 0) is 83.1 Å². The molecule has 1 aromatic carbocycles. The molecular formula is C23H33N3O5. The molecule has 31 heavy (non-hydrogen) atoms. The Bertz CT molecular complexity index is 775. The summed E-state index contributed by atoms with van der Waals surface area (Å²) in [5.41, 5.74) is 0.667. The third-order valence-corrected chi connectivity index (χ3v) is 5.33. The van der Waals surface area contributed by atoms with Crippen LogP contribution < -0.4 is 10.6 Å². The number of nitrogens with zero attached hydrogens (tertiary/aromatic N) is 1. The number of carbonyl (C=O) groups is 3. The number of piperidine rings is 1. The maximum Gasteiger partial charge on any atom is 0.411 e. The standard InChI is InChI=1S/C23H33N3O5/c1-23(2,3)31-22(29)26-13-10-16(11-14-26)12-15-30-21(28)25-19-6-4-17(5-7-19)20(27)24-18-8-9-18/h4-7,16,18H,8-15H2,1-3H3,(H,24,27)(H,25,28). The first-order chi connectivity index (χ1) is 14.7. The fourth-order valence-electron chi connectivity index (χ4n) is 3.40. The topological polar surface area (TPSA) is 97.0 Å². The second-order valence-corrected chi connectivity index (χ2v) is 9.29. The van der Waals surface area contributed by atoms with Gasteiger partial charge < -0.3 is 19.7 Å². The molecule has 1 saturated carbocycles. The van der Waals surface area contributed by atoms with Crippen LogP contribution in [-0.4, -0.2) is 54.3 Å². The second kappa shape index (κ2) is 10.0. The van der Waals surface area contributed by atoms with Gasteiger partial charge in [0.2, 0.25) is 0 Å². The Hall–Kier alpha value is -2.77. The Morgan fingerprint density at radius 1 is 1.03 bits per heavy atom. The Labute approximate surface area is 183 Å². The molecule has 3 amide bonds. The molecule has 0 atom stereocenters. The van der Waals surface area contributed by atoms with Gasteiger partial charge in [0.15, 0.2) is 0 Å². The summed E-state index contributed by atoms with van der Waals surface area (Å²) in [4.78, 5) is 37.9. The molecule has 170 valence electrons. The third-order valence-electron chi connectivity index (χ3n) is 5.33. The summed E-state index contributed by atoms with van der Waals surface area (Å²) < 4.78 is 10.7. The summed E-state index contributed by atoms with van der Waals surface area (Å²) in [7, 11) is 0. The van der Waals surface area contributed by atoms with Crippen LogP contribution in [0.2, 0.25) is 0 Å². The fraction of sp³-hybridized carbons (Fsp3) is 0.609. The number of hydrogen-bond donors (Lipinski definition) is 2. The lowest BCUT2D eigenvalue weighted by molar-refractivity contribution is 0.0175. The van der Waals surface area contributed by atoms with E-state index in [-0.39, 0.29) is 12.0 Å². The van der Waals surface area contributed by atoms with Crippen LogP contribution >= 0.6 is 0 Å². The summed E-state index contributed by atoms with van der Waals surface area (Å²) in [6.07, 6.45) is 3.80. The smallest absolute Gasteiger partial charge is 0.411 e. The van der Waals surface area contributed by atoms with E-state index in [0.717, 1.165) is 32.1 Å². The summed E-state index contributed by atoms with van der Waals surface area (Å²) in [5, 5.41) is 5.61.